The van der Waals surface area contributed by atoms with E-state index in [-0.39, 0.29) is 23.6 Å². The van der Waals surface area contributed by atoms with Gasteiger partial charge in [-0.25, -0.2) is 9.37 Å². The van der Waals surface area contributed by atoms with Crippen LogP contribution < -0.4 is 0 Å². The number of nitrogens with zero attached hydrogens (tertiary/aromatic N) is 4. The number of carboxylic acid groups (broad SMARTS) is 1. The molecule has 4 fully saturated rings. The maximum atomic E-state index is 14.4. The minimum atomic E-state index is -0.681. The number of aryl methyl sites for hydroxylation is 1. The van der Waals surface area contributed by atoms with Gasteiger partial charge in [0.2, 0.25) is 0 Å². The lowest BCUT2D eigenvalue weighted by Gasteiger charge is -2.42. The van der Waals surface area contributed by atoms with E-state index in [4.69, 9.17) is 4.98 Å². The first-order chi connectivity index (χ1) is 20.0. The van der Waals surface area contributed by atoms with Crippen LogP contribution in [0.25, 0.3) is 11.0 Å². The zero-order chi connectivity index (χ0) is 28.1. The van der Waals surface area contributed by atoms with Gasteiger partial charge in [0, 0.05) is 43.7 Å². The fourth-order valence-corrected chi connectivity index (χ4v) is 9.19. The molecule has 218 valence electrons. The molecule has 1 aromatic heterocycles. The Kier molecular flexibility index (Phi) is 7.36. The summed E-state index contributed by atoms with van der Waals surface area (Å²) in [6.07, 6.45) is 10.2. The fourth-order valence-electron chi connectivity index (χ4n) is 9.19. The number of aromatic nitrogens is 2. The van der Waals surface area contributed by atoms with Crippen molar-refractivity contribution in [2.24, 2.45) is 11.8 Å². The first-order valence-corrected chi connectivity index (χ1v) is 15.9. The maximum Gasteiger partial charge on any atom is 0.321 e. The van der Waals surface area contributed by atoms with E-state index in [9.17, 15) is 14.3 Å². The molecular formula is C34H43FN4O2. The molecule has 0 radical (unpaired) electrons. The number of imidazole rings is 1. The number of carboxylic acids is 1. The first kappa shape index (κ1) is 27.1. The van der Waals surface area contributed by atoms with Gasteiger partial charge in [0.15, 0.2) is 0 Å². The Balaban J connectivity index is 1.13. The van der Waals surface area contributed by atoms with E-state index < -0.39 is 12.0 Å². The third-order valence-corrected chi connectivity index (χ3v) is 10.9. The topological polar surface area (TPSA) is 61.6 Å². The number of likely N-dealkylation sites (tertiary alicyclic amines) is 1. The number of halogens is 1. The summed E-state index contributed by atoms with van der Waals surface area (Å²) in [5.74, 6) is 0.869. The van der Waals surface area contributed by atoms with Gasteiger partial charge in [-0.05, 0) is 87.1 Å². The zero-order valence-corrected chi connectivity index (χ0v) is 24.2. The average Bonchev–Trinajstić information content (AvgIpc) is 3.59. The molecule has 7 rings (SSSR count). The van der Waals surface area contributed by atoms with Crippen molar-refractivity contribution >= 4 is 17.0 Å². The summed E-state index contributed by atoms with van der Waals surface area (Å²) in [5, 5.41) is 10.4. The number of carbonyl (C=O) groups is 1. The Morgan fingerprint density at radius 3 is 2.46 bits per heavy atom. The van der Waals surface area contributed by atoms with Crippen molar-refractivity contribution in [3.63, 3.8) is 0 Å². The van der Waals surface area contributed by atoms with Gasteiger partial charge in [-0.3, -0.25) is 14.6 Å². The minimum absolute atomic E-state index is 0.146. The van der Waals surface area contributed by atoms with E-state index in [1.807, 2.05) is 6.07 Å². The second-order valence-electron chi connectivity index (χ2n) is 13.3. The summed E-state index contributed by atoms with van der Waals surface area (Å²) in [7, 11) is 0. The van der Waals surface area contributed by atoms with Gasteiger partial charge in [-0.2, -0.15) is 0 Å². The van der Waals surface area contributed by atoms with Gasteiger partial charge in [0.25, 0.3) is 0 Å². The average molecular weight is 559 g/mol. The third kappa shape index (κ3) is 5.10. The highest BCUT2D eigenvalue weighted by Gasteiger charge is 2.47. The molecule has 4 aliphatic rings. The van der Waals surface area contributed by atoms with Crippen LogP contribution in [0.2, 0.25) is 0 Å². The predicted molar refractivity (Wildman–Crippen MR) is 158 cm³/mol. The van der Waals surface area contributed by atoms with E-state index in [2.05, 4.69) is 51.6 Å². The molecule has 2 bridgehead atoms. The summed E-state index contributed by atoms with van der Waals surface area (Å²) in [5.41, 5.74) is 3.34. The van der Waals surface area contributed by atoms with Crippen LogP contribution in [0, 0.1) is 24.6 Å². The van der Waals surface area contributed by atoms with Gasteiger partial charge >= 0.3 is 5.97 Å². The molecule has 6 nitrogen and oxygen atoms in total. The smallest absolute Gasteiger partial charge is 0.321 e. The molecule has 3 saturated heterocycles. The van der Waals surface area contributed by atoms with Crippen LogP contribution in [0.3, 0.4) is 0 Å². The molecule has 0 spiro atoms. The quantitative estimate of drug-likeness (QED) is 0.364. The molecule has 7 heteroatoms. The normalized spacial score (nSPS) is 30.2. The molecule has 3 aliphatic heterocycles. The summed E-state index contributed by atoms with van der Waals surface area (Å²) >= 11 is 0. The van der Waals surface area contributed by atoms with E-state index in [1.54, 1.807) is 6.07 Å². The number of hydrogen-bond donors (Lipinski definition) is 1. The van der Waals surface area contributed by atoms with Crippen molar-refractivity contribution in [3.05, 3.63) is 65.7 Å². The lowest BCUT2D eigenvalue weighted by Crippen LogP contribution is -2.48. The highest BCUT2D eigenvalue weighted by molar-refractivity contribution is 5.76. The lowest BCUT2D eigenvalue weighted by molar-refractivity contribution is -0.145. The highest BCUT2D eigenvalue weighted by Crippen LogP contribution is 2.45. The van der Waals surface area contributed by atoms with Gasteiger partial charge in [-0.15, -0.1) is 0 Å². The molecule has 5 atom stereocenters. The fraction of sp³-hybridized carbons (Fsp3) is 0.588. The molecule has 3 unspecified atom stereocenters. The second-order valence-corrected chi connectivity index (χ2v) is 13.3. The predicted octanol–water partition coefficient (Wildman–Crippen LogP) is 6.40. The molecule has 41 heavy (non-hydrogen) atoms. The van der Waals surface area contributed by atoms with Crippen molar-refractivity contribution < 1.29 is 14.3 Å². The van der Waals surface area contributed by atoms with Gasteiger partial charge in [0.05, 0.1) is 11.0 Å². The van der Waals surface area contributed by atoms with Crippen molar-refractivity contribution in [1.82, 2.24) is 19.4 Å². The van der Waals surface area contributed by atoms with Crippen LogP contribution in [-0.2, 0) is 4.79 Å². The standard InChI is InChI=1S/C34H43FN4O2/c1-22-36-31-12-5-6-13-32(31)39(22)29-17-27-14-15-28(18-29)38(27)20-25-19-37(21-30(25)24-10-7-11-26(35)16-24)33(34(40)41)23-8-3-2-4-9-23/h5-7,10-13,16,23,25,27-30,33H,2-4,8-9,14-15,17-21H2,1H3,(H,40,41)/t25-,27?,28?,29?,30?,33-/m1/s1. The number of hydrogen-bond acceptors (Lipinski definition) is 4. The van der Waals surface area contributed by atoms with Crippen molar-refractivity contribution in [3.8, 4) is 0 Å². The third-order valence-electron chi connectivity index (χ3n) is 10.9. The number of rotatable bonds is 7. The maximum absolute atomic E-state index is 14.4. The van der Waals surface area contributed by atoms with Crippen molar-refractivity contribution in [2.45, 2.75) is 94.8 Å². The Morgan fingerprint density at radius 2 is 1.73 bits per heavy atom. The Bertz CT molecular complexity index is 1390. The van der Waals surface area contributed by atoms with Crippen LogP contribution in [0.1, 0.15) is 81.1 Å². The highest BCUT2D eigenvalue weighted by atomic mass is 19.1. The molecule has 0 amide bonds. The van der Waals surface area contributed by atoms with Crippen molar-refractivity contribution in [2.75, 3.05) is 19.6 Å². The molecule has 4 heterocycles. The number of piperidine rings is 1. The molecule has 2 aromatic carbocycles. The van der Waals surface area contributed by atoms with E-state index >= 15 is 0 Å². The van der Waals surface area contributed by atoms with E-state index in [0.717, 1.165) is 68.5 Å². The Labute approximate surface area is 242 Å². The molecule has 1 N–H and O–H groups in total. The number of fused-ring (bicyclic) bond motifs is 3. The molecular weight excluding hydrogens is 515 g/mol. The number of benzene rings is 2. The van der Waals surface area contributed by atoms with Gasteiger partial charge in [-0.1, -0.05) is 43.5 Å². The summed E-state index contributed by atoms with van der Waals surface area (Å²) in [6, 6.07) is 16.6. The molecule has 1 aliphatic carbocycles. The SMILES string of the molecule is Cc1nc2ccccc2n1C1CC2CCC(C1)N2C[C@H]1CN([C@@H](C(=O)O)C2CCCCC2)CC1c1cccc(F)c1. The Hall–Kier alpha value is -2.77. The van der Waals surface area contributed by atoms with Crippen molar-refractivity contribution in [1.29, 1.82) is 0 Å². The number of aliphatic carboxylic acids is 1. The number of para-hydroxylation sites is 2. The van der Waals surface area contributed by atoms with E-state index in [1.165, 1.54) is 30.8 Å². The minimum Gasteiger partial charge on any atom is -0.480 e. The van der Waals surface area contributed by atoms with E-state index in [0.29, 0.717) is 24.7 Å². The summed E-state index contributed by atoms with van der Waals surface area (Å²) in [4.78, 5) is 22.5. The van der Waals surface area contributed by atoms with Crippen LogP contribution in [0.4, 0.5) is 4.39 Å². The summed E-state index contributed by atoms with van der Waals surface area (Å²) in [6.45, 7) is 4.57. The monoisotopic (exact) mass is 558 g/mol. The summed E-state index contributed by atoms with van der Waals surface area (Å²) < 4.78 is 16.9. The van der Waals surface area contributed by atoms with Crippen LogP contribution in [0.15, 0.2) is 48.5 Å². The van der Waals surface area contributed by atoms with Crippen LogP contribution >= 0.6 is 0 Å². The Morgan fingerprint density at radius 1 is 0.976 bits per heavy atom. The first-order valence-electron chi connectivity index (χ1n) is 15.9. The zero-order valence-electron chi connectivity index (χ0n) is 24.2. The molecule has 3 aromatic rings. The second kappa shape index (κ2) is 11.1. The van der Waals surface area contributed by atoms with Crippen LogP contribution in [0.5, 0.6) is 0 Å². The van der Waals surface area contributed by atoms with Crippen LogP contribution in [-0.4, -0.2) is 68.2 Å². The molecule has 1 saturated carbocycles. The van der Waals surface area contributed by atoms with Gasteiger partial charge < -0.3 is 9.67 Å². The largest absolute Gasteiger partial charge is 0.480 e. The van der Waals surface area contributed by atoms with Gasteiger partial charge in [0.1, 0.15) is 17.7 Å². The lowest BCUT2D eigenvalue weighted by atomic mass is 9.83.